The molecule has 0 atom stereocenters. The predicted molar refractivity (Wildman–Crippen MR) is 214 cm³/mol. The molecule has 360 valence electrons. The molecule has 0 aromatic heterocycles. The minimum Gasteiger partial charge on any atom is -0.659 e. The van der Waals surface area contributed by atoms with Crippen molar-refractivity contribution in [2.45, 2.75) is 6.32 Å². The molecule has 0 aliphatic carbocycles. The van der Waals surface area contributed by atoms with Crippen molar-refractivity contribution in [1.82, 2.24) is 0 Å². The molecule has 1 heterocycles. The van der Waals surface area contributed by atoms with Gasteiger partial charge in [0.15, 0.2) is 52.4 Å². The summed E-state index contributed by atoms with van der Waals surface area (Å²) in [7, 11) is 0. The summed E-state index contributed by atoms with van der Waals surface area (Å²) in [5.74, 6) is -45.2. The van der Waals surface area contributed by atoms with E-state index in [1.54, 1.807) is 0 Å². The minimum atomic E-state index is -5.59. The Hall–Kier alpha value is -4.37. The molecule has 5 aromatic carbocycles. The molecule has 1 saturated heterocycles. The fourth-order valence-electron chi connectivity index (χ4n) is 6.73. The molecule has 0 amide bonds. The van der Waals surface area contributed by atoms with Crippen LogP contribution in [-0.2, 0) is 51.5 Å². The smallest absolute Gasteiger partial charge is 0.659 e. The first-order valence-corrected chi connectivity index (χ1v) is 19.7. The van der Waals surface area contributed by atoms with Crippen LogP contribution in [0.25, 0.3) is 10.6 Å². The molecular formula is C44H38BF15N2O4Zr. The van der Waals surface area contributed by atoms with Crippen LogP contribution in [0.2, 0.25) is 0 Å². The predicted octanol–water partition coefficient (Wildman–Crippen LogP) is 8.71. The van der Waals surface area contributed by atoms with Gasteiger partial charge in [-0.05, 0) is 0 Å². The minimum absolute atomic E-state index is 0. The van der Waals surface area contributed by atoms with Crippen LogP contribution in [0.5, 0.6) is 0 Å². The van der Waals surface area contributed by atoms with Gasteiger partial charge in [-0.1, -0.05) is 42.0 Å². The molecular weight excluding hydrogens is 1010 g/mol. The van der Waals surface area contributed by atoms with Crippen LogP contribution < -0.4 is 16.4 Å². The van der Waals surface area contributed by atoms with Crippen LogP contribution >= 0.6 is 0 Å². The molecule has 67 heavy (non-hydrogen) atoms. The zero-order valence-electron chi connectivity index (χ0n) is 34.9. The van der Waals surface area contributed by atoms with E-state index in [2.05, 4.69) is 17.6 Å². The standard InChI is InChI=1S/C25H7BF15.C12H24N2O4.C7H7.Zr/c27-11-8(12(28)18(34)23(39)17(11)33)26(6-7-4-2-1-3-5-7,9-13(29)19(35)24(40)20(36)14(9)30)10-15(31)21(37)25(41)22(38)16(10)32;1-5-15-9-10-17-7-3-14-4-8-18-12-11-16-6-2-13-1;1-7-5-3-2-4-6-7;/h1-5H,6H2;1-12H2;2-6H,1H2;/q-1;-2;-1;+4. The number of halogens is 15. The quantitative estimate of drug-likeness (QED) is 0.0582. The van der Waals surface area contributed by atoms with Gasteiger partial charge in [-0.2, -0.15) is 24.6 Å². The maximum absolute atomic E-state index is 15.3. The topological polar surface area (TPSA) is 65.1 Å². The van der Waals surface area contributed by atoms with Gasteiger partial charge in [0.1, 0.15) is 41.0 Å². The Balaban J connectivity index is 0.000000375. The average Bonchev–Trinajstić information content (AvgIpc) is 3.31. The Morgan fingerprint density at radius 2 is 0.597 bits per heavy atom. The van der Waals surface area contributed by atoms with Gasteiger partial charge in [0.2, 0.25) is 0 Å². The van der Waals surface area contributed by atoms with E-state index in [0.717, 1.165) is 56.0 Å². The van der Waals surface area contributed by atoms with Crippen molar-refractivity contribution < 1.29 is 111 Å². The molecule has 0 bridgehead atoms. The Kier molecular flexibility index (Phi) is 23.4. The van der Waals surface area contributed by atoms with Crippen LogP contribution in [-0.4, -0.2) is 85.2 Å². The Bertz CT molecular complexity index is 2050. The van der Waals surface area contributed by atoms with Crippen LogP contribution in [0.3, 0.4) is 0 Å². The molecule has 0 saturated carbocycles. The molecule has 1 aliphatic rings. The Morgan fingerprint density at radius 3 is 0.836 bits per heavy atom. The molecule has 1 fully saturated rings. The van der Waals surface area contributed by atoms with E-state index in [1.807, 2.05) is 30.3 Å². The molecule has 5 aromatic rings. The van der Waals surface area contributed by atoms with Gasteiger partial charge in [0.05, 0.1) is 26.4 Å². The summed E-state index contributed by atoms with van der Waals surface area (Å²) in [6.07, 6.45) is -7.42. The molecule has 0 unspecified atom stereocenters. The summed E-state index contributed by atoms with van der Waals surface area (Å²) in [5, 5.41) is 8.58. The van der Waals surface area contributed by atoms with Crippen molar-refractivity contribution in [1.29, 1.82) is 0 Å². The van der Waals surface area contributed by atoms with Gasteiger partial charge in [-0.3, -0.25) is 0 Å². The number of nitrogens with zero attached hydrogens (tertiary/aromatic N) is 2. The molecule has 23 heteroatoms. The second kappa shape index (κ2) is 27.6. The summed E-state index contributed by atoms with van der Waals surface area (Å²) in [5.41, 5.74) is -7.42. The summed E-state index contributed by atoms with van der Waals surface area (Å²) in [6.45, 7) is 11.7. The Labute approximate surface area is 394 Å². The second-order valence-corrected chi connectivity index (χ2v) is 14.0. The van der Waals surface area contributed by atoms with Crippen LogP contribution in [0, 0.1) is 94.2 Å². The van der Waals surface area contributed by atoms with E-state index in [-0.39, 0.29) is 26.2 Å². The van der Waals surface area contributed by atoms with Crippen molar-refractivity contribution in [2.75, 3.05) is 79.0 Å². The molecule has 0 radical (unpaired) electrons. The second-order valence-electron chi connectivity index (χ2n) is 14.0. The number of benzene rings is 5. The van der Waals surface area contributed by atoms with Crippen molar-refractivity contribution in [3.05, 3.63) is 177 Å². The molecule has 6 nitrogen and oxygen atoms in total. The summed E-state index contributed by atoms with van der Waals surface area (Å²) < 4.78 is 242. The van der Waals surface area contributed by atoms with Crippen LogP contribution in [0.4, 0.5) is 65.9 Å². The summed E-state index contributed by atoms with van der Waals surface area (Å²) in [6, 6.07) is 14.8. The van der Waals surface area contributed by atoms with Crippen molar-refractivity contribution >= 4 is 22.5 Å². The van der Waals surface area contributed by atoms with Gasteiger partial charge in [-0.25, -0.2) is 65.9 Å². The third-order valence-electron chi connectivity index (χ3n) is 9.76. The van der Waals surface area contributed by atoms with E-state index < -0.39 is 122 Å². The summed E-state index contributed by atoms with van der Waals surface area (Å²) >= 11 is 0. The van der Waals surface area contributed by atoms with Crippen molar-refractivity contribution in [3.8, 4) is 0 Å². The van der Waals surface area contributed by atoms with E-state index in [9.17, 15) is 39.5 Å². The zero-order chi connectivity index (χ0) is 48.6. The van der Waals surface area contributed by atoms with E-state index in [0.29, 0.717) is 52.9 Å². The first-order valence-electron chi connectivity index (χ1n) is 19.7. The van der Waals surface area contributed by atoms with E-state index in [4.69, 9.17) is 18.9 Å². The molecule has 0 N–H and O–H groups in total. The van der Waals surface area contributed by atoms with Gasteiger partial charge >= 0.3 is 26.2 Å². The number of rotatable bonds is 5. The third kappa shape index (κ3) is 14.1. The average molecular weight is 1050 g/mol. The van der Waals surface area contributed by atoms with Gasteiger partial charge in [0.25, 0.3) is 0 Å². The first kappa shape index (κ1) is 56.9. The van der Waals surface area contributed by atoms with Gasteiger partial charge < -0.3 is 29.6 Å². The SMILES string of the molecule is C1COCCOCC[N-]CCOCCOCC[N-]1.Fc1c(F)c(F)c([B-](Cc2ccccc2)(c2c(F)c(F)c(F)c(F)c2F)c2c(F)c(F)c(F)c(F)c2F)c(F)c1F.[CH2-]c1ccccc1.[Zr+4]. The first-order chi connectivity index (χ1) is 31.5. The maximum atomic E-state index is 15.3. The Morgan fingerprint density at radius 1 is 0.358 bits per heavy atom. The zero-order valence-corrected chi connectivity index (χ0v) is 37.4. The van der Waals surface area contributed by atoms with E-state index in [1.165, 1.54) is 6.07 Å². The van der Waals surface area contributed by atoms with Crippen molar-refractivity contribution in [3.63, 3.8) is 0 Å². The van der Waals surface area contributed by atoms with Gasteiger partial charge in [0, 0.05) is 26.4 Å². The van der Waals surface area contributed by atoms with Crippen LogP contribution in [0.1, 0.15) is 11.1 Å². The number of hydrogen-bond donors (Lipinski definition) is 0. The fourth-order valence-corrected chi connectivity index (χ4v) is 6.73. The maximum Gasteiger partial charge on any atom is 4.00 e. The fraction of sp³-hybridized carbons (Fsp3) is 0.295. The summed E-state index contributed by atoms with van der Waals surface area (Å²) in [4.78, 5) is 0. The monoisotopic (exact) mass is 1040 g/mol. The molecule has 6 rings (SSSR count). The van der Waals surface area contributed by atoms with Crippen molar-refractivity contribution in [2.24, 2.45) is 0 Å². The third-order valence-corrected chi connectivity index (χ3v) is 9.76. The normalized spacial score (nSPS) is 14.6. The molecule has 1 aliphatic heterocycles. The number of hydrogen-bond acceptors (Lipinski definition) is 4. The molecule has 0 spiro atoms. The largest absolute Gasteiger partial charge is 4.00 e. The van der Waals surface area contributed by atoms with Gasteiger partial charge in [-0.15, -0.1) is 61.0 Å². The van der Waals surface area contributed by atoms with Crippen LogP contribution in [0.15, 0.2) is 60.7 Å². The number of ether oxygens (including phenoxy) is 4. The van der Waals surface area contributed by atoms with E-state index >= 15 is 26.3 Å².